The Hall–Kier alpha value is -2.66. The van der Waals surface area contributed by atoms with E-state index in [2.05, 4.69) is 31.3 Å². The van der Waals surface area contributed by atoms with E-state index in [1.807, 2.05) is 39.0 Å². The van der Waals surface area contributed by atoms with Gasteiger partial charge in [0.1, 0.15) is 0 Å². The third kappa shape index (κ3) is 8.12. The van der Waals surface area contributed by atoms with Crippen LogP contribution in [-0.4, -0.2) is 38.8 Å². The van der Waals surface area contributed by atoms with Crippen LogP contribution in [0.1, 0.15) is 59.9 Å². The van der Waals surface area contributed by atoms with Gasteiger partial charge < -0.3 is 14.8 Å². The number of piperidine rings is 1. The molecule has 176 valence electrons. The summed E-state index contributed by atoms with van der Waals surface area (Å²) in [5, 5.41) is 3.42. The number of aliphatic imine (C=N–C) groups is 1. The van der Waals surface area contributed by atoms with E-state index in [1.54, 1.807) is 20.3 Å². The topological polar surface area (TPSA) is 59.9 Å². The quantitative estimate of drug-likeness (QED) is 0.305. The molecule has 2 rings (SSSR count). The van der Waals surface area contributed by atoms with Crippen molar-refractivity contribution in [1.82, 2.24) is 5.32 Å². The SMILES string of the molecule is CC.C\C=C(/C=C(C)\C(C)=N\C(=C/C(C)=O)c1ccc(OC)c(OC)c1)C1CCNCC1. The molecule has 0 aromatic heterocycles. The van der Waals surface area contributed by atoms with Gasteiger partial charge in [0.25, 0.3) is 0 Å². The Morgan fingerprint density at radius 2 is 1.66 bits per heavy atom. The van der Waals surface area contributed by atoms with Crippen LogP contribution in [0.3, 0.4) is 0 Å². The molecule has 0 spiro atoms. The Bertz CT molecular complexity index is 873. The van der Waals surface area contributed by atoms with Crippen molar-refractivity contribution in [3.63, 3.8) is 0 Å². The summed E-state index contributed by atoms with van der Waals surface area (Å²) in [6, 6.07) is 5.55. The number of carbonyl (C=O) groups is 1. The van der Waals surface area contributed by atoms with Crippen LogP contribution in [0, 0.1) is 5.92 Å². The fourth-order valence-corrected chi connectivity index (χ4v) is 3.58. The van der Waals surface area contributed by atoms with Gasteiger partial charge in [0, 0.05) is 17.4 Å². The first kappa shape index (κ1) is 27.4. The van der Waals surface area contributed by atoms with Crippen molar-refractivity contribution in [3.05, 3.63) is 53.1 Å². The lowest BCUT2D eigenvalue weighted by Gasteiger charge is -2.24. The minimum absolute atomic E-state index is 0.0539. The summed E-state index contributed by atoms with van der Waals surface area (Å²) >= 11 is 0. The van der Waals surface area contributed by atoms with Crippen molar-refractivity contribution in [3.8, 4) is 11.5 Å². The second kappa shape index (κ2) is 14.4. The van der Waals surface area contributed by atoms with E-state index >= 15 is 0 Å². The van der Waals surface area contributed by atoms with Gasteiger partial charge in [-0.05, 0) is 88.9 Å². The third-order valence-electron chi connectivity index (χ3n) is 5.41. The molecular weight excluding hydrogens is 400 g/mol. The molecule has 1 aliphatic heterocycles. The number of allylic oxidation sites excluding steroid dienone is 5. The Morgan fingerprint density at radius 1 is 1.03 bits per heavy atom. The highest BCUT2D eigenvalue weighted by Gasteiger charge is 2.16. The van der Waals surface area contributed by atoms with Crippen molar-refractivity contribution >= 4 is 17.2 Å². The fourth-order valence-electron chi connectivity index (χ4n) is 3.58. The maximum atomic E-state index is 11.9. The Balaban J connectivity index is 0.00000249. The first-order valence-corrected chi connectivity index (χ1v) is 11.4. The summed E-state index contributed by atoms with van der Waals surface area (Å²) in [5.41, 5.74) is 4.74. The normalized spacial score (nSPS) is 16.2. The average Bonchev–Trinajstić information content (AvgIpc) is 2.82. The van der Waals surface area contributed by atoms with Gasteiger partial charge in [-0.1, -0.05) is 26.0 Å². The fraction of sp³-hybridized carbons (Fsp3) is 0.481. The maximum Gasteiger partial charge on any atom is 0.161 e. The molecule has 5 heteroatoms. The van der Waals surface area contributed by atoms with Crippen LogP contribution < -0.4 is 14.8 Å². The number of methoxy groups -OCH3 is 2. The lowest BCUT2D eigenvalue weighted by molar-refractivity contribution is -0.112. The molecule has 1 aromatic rings. The molecule has 1 aliphatic rings. The zero-order valence-corrected chi connectivity index (χ0v) is 21.0. The van der Waals surface area contributed by atoms with Crippen LogP contribution in [0.15, 0.2) is 52.6 Å². The van der Waals surface area contributed by atoms with E-state index in [0.717, 1.165) is 42.8 Å². The second-order valence-corrected chi connectivity index (χ2v) is 7.55. The van der Waals surface area contributed by atoms with E-state index < -0.39 is 0 Å². The Morgan fingerprint density at radius 3 is 2.19 bits per heavy atom. The standard InChI is InChI=1S/C25H34N2O3.C2H6/c1-7-20(21-10-12-26-13-11-21)14-17(2)19(4)27-23(15-18(3)28)22-8-9-24(29-5)25(16-22)30-6;1-2/h7-9,14-16,21,26H,10-13H2,1-6H3;1-2H3/b17-14-,20-7+,23-15-,27-19+;. The summed E-state index contributed by atoms with van der Waals surface area (Å²) in [6.45, 7) is 13.8. The maximum absolute atomic E-state index is 11.9. The highest BCUT2D eigenvalue weighted by atomic mass is 16.5. The van der Waals surface area contributed by atoms with Crippen LogP contribution in [0.25, 0.3) is 5.70 Å². The number of nitrogens with zero attached hydrogens (tertiary/aromatic N) is 1. The molecule has 0 saturated carbocycles. The van der Waals surface area contributed by atoms with E-state index in [-0.39, 0.29) is 5.78 Å². The zero-order valence-electron chi connectivity index (χ0n) is 21.0. The average molecular weight is 441 g/mol. The molecule has 5 nitrogen and oxygen atoms in total. The second-order valence-electron chi connectivity index (χ2n) is 7.55. The van der Waals surface area contributed by atoms with Crippen molar-refractivity contribution in [1.29, 1.82) is 0 Å². The molecule has 0 amide bonds. The molecular formula is C27H40N2O3. The van der Waals surface area contributed by atoms with Gasteiger partial charge in [0.05, 0.1) is 19.9 Å². The van der Waals surface area contributed by atoms with Gasteiger partial charge in [-0.2, -0.15) is 0 Å². The number of nitrogens with one attached hydrogen (secondary N) is 1. The molecule has 1 aromatic carbocycles. The van der Waals surface area contributed by atoms with Crippen LogP contribution in [-0.2, 0) is 4.79 Å². The van der Waals surface area contributed by atoms with Crippen molar-refractivity contribution < 1.29 is 14.3 Å². The van der Waals surface area contributed by atoms with Gasteiger partial charge in [-0.15, -0.1) is 0 Å². The Kier molecular flexibility index (Phi) is 12.3. The third-order valence-corrected chi connectivity index (χ3v) is 5.41. The molecule has 1 saturated heterocycles. The predicted molar refractivity (Wildman–Crippen MR) is 136 cm³/mol. The Labute approximate surface area is 194 Å². The first-order valence-electron chi connectivity index (χ1n) is 11.4. The van der Waals surface area contributed by atoms with Crippen molar-refractivity contribution in [2.75, 3.05) is 27.3 Å². The van der Waals surface area contributed by atoms with Crippen LogP contribution in [0.2, 0.25) is 0 Å². The van der Waals surface area contributed by atoms with E-state index in [4.69, 9.17) is 14.5 Å². The van der Waals surface area contributed by atoms with E-state index in [9.17, 15) is 4.79 Å². The number of rotatable bonds is 8. The largest absolute Gasteiger partial charge is 0.493 e. The van der Waals surface area contributed by atoms with Gasteiger partial charge >= 0.3 is 0 Å². The van der Waals surface area contributed by atoms with Crippen LogP contribution in [0.5, 0.6) is 11.5 Å². The minimum atomic E-state index is -0.0539. The number of benzene rings is 1. The first-order chi connectivity index (χ1) is 15.4. The number of carbonyl (C=O) groups excluding carboxylic acids is 1. The van der Waals surface area contributed by atoms with Gasteiger partial charge in [-0.25, -0.2) is 0 Å². The van der Waals surface area contributed by atoms with E-state index in [1.165, 1.54) is 12.5 Å². The monoisotopic (exact) mass is 440 g/mol. The molecule has 1 N–H and O–H groups in total. The summed E-state index contributed by atoms with van der Waals surface area (Å²) in [4.78, 5) is 16.7. The van der Waals surface area contributed by atoms with Gasteiger partial charge in [0.15, 0.2) is 17.3 Å². The molecule has 32 heavy (non-hydrogen) atoms. The number of hydrogen-bond acceptors (Lipinski definition) is 5. The van der Waals surface area contributed by atoms with E-state index in [0.29, 0.717) is 23.1 Å². The summed E-state index contributed by atoms with van der Waals surface area (Å²) in [6.07, 6.45) is 8.30. The summed E-state index contributed by atoms with van der Waals surface area (Å²) < 4.78 is 10.7. The molecule has 0 radical (unpaired) electrons. The number of hydrogen-bond donors (Lipinski definition) is 1. The molecule has 0 unspecified atom stereocenters. The summed E-state index contributed by atoms with van der Waals surface area (Å²) in [5.74, 6) is 1.77. The lowest BCUT2D eigenvalue weighted by Crippen LogP contribution is -2.28. The smallest absolute Gasteiger partial charge is 0.161 e. The minimum Gasteiger partial charge on any atom is -0.493 e. The molecule has 0 bridgehead atoms. The molecule has 1 heterocycles. The van der Waals surface area contributed by atoms with Crippen molar-refractivity contribution in [2.45, 2.75) is 54.4 Å². The zero-order chi connectivity index (χ0) is 24.1. The van der Waals surface area contributed by atoms with Crippen LogP contribution >= 0.6 is 0 Å². The number of ether oxygens (including phenoxy) is 2. The van der Waals surface area contributed by atoms with Gasteiger partial charge in [0.2, 0.25) is 0 Å². The lowest BCUT2D eigenvalue weighted by atomic mass is 9.88. The van der Waals surface area contributed by atoms with Crippen LogP contribution in [0.4, 0.5) is 0 Å². The highest BCUT2D eigenvalue weighted by molar-refractivity contribution is 6.03. The van der Waals surface area contributed by atoms with Crippen molar-refractivity contribution in [2.24, 2.45) is 10.9 Å². The number of ketones is 1. The van der Waals surface area contributed by atoms with Gasteiger partial charge in [-0.3, -0.25) is 9.79 Å². The summed E-state index contributed by atoms with van der Waals surface area (Å²) in [7, 11) is 3.19. The predicted octanol–water partition coefficient (Wildman–Crippen LogP) is 6.01. The molecule has 1 fully saturated rings. The molecule has 0 aliphatic carbocycles. The highest BCUT2D eigenvalue weighted by Crippen LogP contribution is 2.31. The molecule has 0 atom stereocenters.